The van der Waals surface area contributed by atoms with Crippen molar-refractivity contribution in [2.75, 3.05) is 23.1 Å². The summed E-state index contributed by atoms with van der Waals surface area (Å²) in [5.74, 6) is 1.14. The average molecular weight is 475 g/mol. The quantitative estimate of drug-likeness (QED) is 0.297. The average Bonchev–Trinajstić information content (AvgIpc) is 3.33. The Morgan fingerprint density at radius 2 is 1.65 bits per heavy atom. The number of rotatable bonds is 9. The highest BCUT2D eigenvalue weighted by molar-refractivity contribution is 7.99. The second-order valence-electron chi connectivity index (χ2n) is 7.76. The zero-order valence-corrected chi connectivity index (χ0v) is 20.1. The predicted molar refractivity (Wildman–Crippen MR) is 136 cm³/mol. The van der Waals surface area contributed by atoms with E-state index in [0.717, 1.165) is 17.1 Å². The molecule has 0 aliphatic rings. The monoisotopic (exact) mass is 474 g/mol. The van der Waals surface area contributed by atoms with Crippen LogP contribution < -0.4 is 15.0 Å². The molecule has 0 fully saturated rings. The summed E-state index contributed by atoms with van der Waals surface area (Å²) in [6.07, 6.45) is 0. The van der Waals surface area contributed by atoms with Crippen LogP contribution in [0.15, 0.2) is 88.5 Å². The standard InChI is InChI=1S/C26H26N4O3S/c1-18(2)30(21-15-13-20(14-16-21)27-19-9-5-4-6-10-19)24(31)17-34-26-29-28-25(33-26)22-11-7-8-12-23(22)32-3/h4-16,18,27H,17H2,1-3H3. The Morgan fingerprint density at radius 3 is 2.35 bits per heavy atom. The second-order valence-corrected chi connectivity index (χ2v) is 8.68. The molecule has 7 nitrogen and oxygen atoms in total. The molecule has 0 spiro atoms. The molecule has 3 aromatic carbocycles. The van der Waals surface area contributed by atoms with E-state index in [-0.39, 0.29) is 17.7 Å². The van der Waals surface area contributed by atoms with Gasteiger partial charge in [-0.1, -0.05) is 42.1 Å². The van der Waals surface area contributed by atoms with Crippen molar-refractivity contribution in [3.8, 4) is 17.2 Å². The molecule has 0 saturated carbocycles. The molecule has 1 amide bonds. The number of ether oxygens (including phenoxy) is 1. The van der Waals surface area contributed by atoms with Gasteiger partial charge in [-0.05, 0) is 62.4 Å². The Hall–Kier alpha value is -3.78. The number of aromatic nitrogens is 2. The van der Waals surface area contributed by atoms with Crippen molar-refractivity contribution < 1.29 is 13.9 Å². The van der Waals surface area contributed by atoms with Crippen LogP contribution in [0.3, 0.4) is 0 Å². The van der Waals surface area contributed by atoms with Gasteiger partial charge in [0.05, 0.1) is 18.4 Å². The molecule has 0 radical (unpaired) electrons. The molecule has 1 N–H and O–H groups in total. The van der Waals surface area contributed by atoms with Gasteiger partial charge in [-0.2, -0.15) is 0 Å². The fraction of sp³-hybridized carbons (Fsp3) is 0.192. The smallest absolute Gasteiger partial charge is 0.277 e. The largest absolute Gasteiger partial charge is 0.496 e. The van der Waals surface area contributed by atoms with Crippen molar-refractivity contribution in [3.05, 3.63) is 78.9 Å². The van der Waals surface area contributed by atoms with Gasteiger partial charge >= 0.3 is 0 Å². The van der Waals surface area contributed by atoms with Gasteiger partial charge < -0.3 is 19.4 Å². The van der Waals surface area contributed by atoms with Crippen molar-refractivity contribution in [2.24, 2.45) is 0 Å². The van der Waals surface area contributed by atoms with E-state index in [1.54, 1.807) is 12.0 Å². The lowest BCUT2D eigenvalue weighted by Gasteiger charge is -2.27. The highest BCUT2D eigenvalue weighted by atomic mass is 32.2. The number of nitrogens with zero attached hydrogens (tertiary/aromatic N) is 3. The van der Waals surface area contributed by atoms with Gasteiger partial charge in [-0.15, -0.1) is 10.2 Å². The van der Waals surface area contributed by atoms with E-state index in [2.05, 4.69) is 15.5 Å². The van der Waals surface area contributed by atoms with Gasteiger partial charge in [0.15, 0.2) is 0 Å². The predicted octanol–water partition coefficient (Wildman–Crippen LogP) is 6.02. The number of hydrogen-bond donors (Lipinski definition) is 1. The van der Waals surface area contributed by atoms with Gasteiger partial charge in [0.25, 0.3) is 11.1 Å². The molecule has 0 bridgehead atoms. The lowest BCUT2D eigenvalue weighted by Crippen LogP contribution is -2.38. The molecule has 4 rings (SSSR count). The minimum absolute atomic E-state index is 0.00661. The van der Waals surface area contributed by atoms with E-state index in [1.165, 1.54) is 11.8 Å². The normalized spacial score (nSPS) is 10.8. The fourth-order valence-corrected chi connectivity index (χ4v) is 4.14. The van der Waals surface area contributed by atoms with Crippen LogP contribution in [0.5, 0.6) is 5.75 Å². The maximum absolute atomic E-state index is 13.1. The van der Waals surface area contributed by atoms with Crippen LogP contribution in [0.1, 0.15) is 13.8 Å². The van der Waals surface area contributed by atoms with E-state index in [9.17, 15) is 4.79 Å². The Balaban J connectivity index is 1.41. The van der Waals surface area contributed by atoms with Crippen LogP contribution in [0.2, 0.25) is 0 Å². The molecule has 1 heterocycles. The van der Waals surface area contributed by atoms with Gasteiger partial charge in [0.1, 0.15) is 5.75 Å². The third kappa shape index (κ3) is 5.58. The van der Waals surface area contributed by atoms with Crippen molar-refractivity contribution in [1.29, 1.82) is 0 Å². The highest BCUT2D eigenvalue weighted by Gasteiger charge is 2.21. The maximum Gasteiger partial charge on any atom is 0.277 e. The number of anilines is 3. The summed E-state index contributed by atoms with van der Waals surface area (Å²) < 4.78 is 11.1. The zero-order chi connectivity index (χ0) is 23.9. The highest BCUT2D eigenvalue weighted by Crippen LogP contribution is 2.31. The van der Waals surface area contributed by atoms with Crippen LogP contribution in [-0.4, -0.2) is 35.0 Å². The van der Waals surface area contributed by atoms with Crippen molar-refractivity contribution in [1.82, 2.24) is 10.2 Å². The minimum Gasteiger partial charge on any atom is -0.496 e. The molecule has 174 valence electrons. The lowest BCUT2D eigenvalue weighted by molar-refractivity contribution is -0.116. The third-order valence-electron chi connectivity index (χ3n) is 5.06. The van der Waals surface area contributed by atoms with Gasteiger partial charge in [0.2, 0.25) is 5.91 Å². The summed E-state index contributed by atoms with van der Waals surface area (Å²) in [7, 11) is 1.59. The number of hydrogen-bond acceptors (Lipinski definition) is 7. The number of amides is 1. The van der Waals surface area contributed by atoms with Crippen molar-refractivity contribution >= 4 is 34.7 Å². The summed E-state index contributed by atoms with van der Waals surface area (Å²) in [6, 6.07) is 25.2. The molecule has 0 aliphatic heterocycles. The molecule has 0 unspecified atom stereocenters. The second kappa shape index (κ2) is 10.9. The molecule has 0 aliphatic carbocycles. The Morgan fingerprint density at radius 1 is 0.971 bits per heavy atom. The number of thioether (sulfide) groups is 1. The number of methoxy groups -OCH3 is 1. The molecule has 1 aromatic heterocycles. The maximum atomic E-state index is 13.1. The van der Waals surface area contributed by atoms with E-state index < -0.39 is 0 Å². The van der Waals surface area contributed by atoms with E-state index >= 15 is 0 Å². The number of carbonyl (C=O) groups is 1. The Kier molecular flexibility index (Phi) is 7.49. The first kappa shape index (κ1) is 23.4. The van der Waals surface area contributed by atoms with Gasteiger partial charge in [0, 0.05) is 23.1 Å². The SMILES string of the molecule is COc1ccccc1-c1nnc(SCC(=O)N(c2ccc(Nc3ccccc3)cc2)C(C)C)o1. The summed E-state index contributed by atoms with van der Waals surface area (Å²) in [5.41, 5.74) is 3.51. The van der Waals surface area contributed by atoms with E-state index in [4.69, 9.17) is 9.15 Å². The third-order valence-corrected chi connectivity index (χ3v) is 5.86. The number of para-hydroxylation sites is 2. The molecular weight excluding hydrogens is 448 g/mol. The fourth-order valence-electron chi connectivity index (χ4n) is 3.51. The van der Waals surface area contributed by atoms with E-state index in [0.29, 0.717) is 22.4 Å². The van der Waals surface area contributed by atoms with Crippen LogP contribution in [-0.2, 0) is 4.79 Å². The number of carbonyl (C=O) groups excluding carboxylic acids is 1. The number of benzene rings is 3. The van der Waals surface area contributed by atoms with Crippen LogP contribution >= 0.6 is 11.8 Å². The van der Waals surface area contributed by atoms with Gasteiger partial charge in [-0.3, -0.25) is 4.79 Å². The first-order valence-electron chi connectivity index (χ1n) is 10.9. The molecule has 0 saturated heterocycles. The molecule has 4 aromatic rings. The number of nitrogens with one attached hydrogen (secondary N) is 1. The van der Waals surface area contributed by atoms with E-state index in [1.807, 2.05) is 92.7 Å². The summed E-state index contributed by atoms with van der Waals surface area (Å²) in [5, 5.41) is 11.9. The summed E-state index contributed by atoms with van der Waals surface area (Å²) in [6.45, 7) is 3.98. The molecule has 0 atom stereocenters. The summed E-state index contributed by atoms with van der Waals surface area (Å²) in [4.78, 5) is 14.9. The van der Waals surface area contributed by atoms with Crippen LogP contribution in [0.4, 0.5) is 17.1 Å². The van der Waals surface area contributed by atoms with Crippen molar-refractivity contribution in [3.63, 3.8) is 0 Å². The molecule has 8 heteroatoms. The zero-order valence-electron chi connectivity index (χ0n) is 19.3. The first-order chi connectivity index (χ1) is 16.5. The topological polar surface area (TPSA) is 80.5 Å². The lowest BCUT2D eigenvalue weighted by atomic mass is 10.2. The van der Waals surface area contributed by atoms with Gasteiger partial charge in [-0.25, -0.2) is 0 Å². The van der Waals surface area contributed by atoms with Crippen molar-refractivity contribution in [2.45, 2.75) is 25.1 Å². The first-order valence-corrected chi connectivity index (χ1v) is 11.9. The Labute approximate surface area is 203 Å². The summed E-state index contributed by atoms with van der Waals surface area (Å²) >= 11 is 1.22. The van der Waals surface area contributed by atoms with Crippen LogP contribution in [0, 0.1) is 0 Å². The Bertz CT molecular complexity index is 1230. The molecular formula is C26H26N4O3S. The molecule has 34 heavy (non-hydrogen) atoms. The van der Waals surface area contributed by atoms with Crippen LogP contribution in [0.25, 0.3) is 11.5 Å². The minimum atomic E-state index is -0.0409.